The lowest BCUT2D eigenvalue weighted by atomic mass is 10.0. The number of hydrogen-bond donors (Lipinski definition) is 0. The molecule has 0 heterocycles. The van der Waals surface area contributed by atoms with Gasteiger partial charge in [0, 0.05) is 17.2 Å². The molecule has 0 aliphatic heterocycles. The fourth-order valence-electron chi connectivity index (χ4n) is 2.40. The Morgan fingerprint density at radius 2 is 1.41 bits per heavy atom. The van der Waals surface area contributed by atoms with Gasteiger partial charge >= 0.3 is 11.9 Å². The number of nitrogens with zero attached hydrogens (tertiary/aromatic N) is 1. The first kappa shape index (κ1) is 24.1. The Bertz CT molecular complexity index is 787. The van der Waals surface area contributed by atoms with Gasteiger partial charge in [-0.3, -0.25) is 14.5 Å². The smallest absolute Gasteiger partial charge is 0.344 e. The van der Waals surface area contributed by atoms with Crippen LogP contribution in [0.15, 0.2) is 42.0 Å². The van der Waals surface area contributed by atoms with Gasteiger partial charge in [-0.2, -0.15) is 0 Å². The average molecular weight is 403 g/mol. The molecule has 158 valence electrons. The van der Waals surface area contributed by atoms with E-state index in [9.17, 15) is 19.2 Å². The van der Waals surface area contributed by atoms with Crippen LogP contribution in [0.25, 0.3) is 0 Å². The molecule has 1 rings (SSSR count). The van der Waals surface area contributed by atoms with E-state index in [2.05, 4.69) is 0 Å². The third-order valence-electron chi connectivity index (χ3n) is 3.50. The standard InChI is InChI=1S/C22H29NO6/c1-14(2)28-18(24)13-17(21(27)29-15(3)4)20(26)23(22(5,6)7)19(25)16-11-9-8-10-12-16/h8-15H,1-7H3/b17-13+. The lowest BCUT2D eigenvalue weighted by molar-refractivity contribution is -0.148. The molecule has 0 N–H and O–H groups in total. The van der Waals surface area contributed by atoms with E-state index in [4.69, 9.17) is 9.47 Å². The number of rotatable bonds is 6. The zero-order chi connectivity index (χ0) is 22.4. The summed E-state index contributed by atoms with van der Waals surface area (Å²) in [5.74, 6) is -3.40. The van der Waals surface area contributed by atoms with Crippen LogP contribution in [-0.2, 0) is 23.9 Å². The van der Waals surface area contributed by atoms with Crippen molar-refractivity contribution in [2.24, 2.45) is 0 Å². The Morgan fingerprint density at radius 3 is 1.86 bits per heavy atom. The van der Waals surface area contributed by atoms with Crippen LogP contribution >= 0.6 is 0 Å². The second-order valence-corrected chi connectivity index (χ2v) is 7.98. The van der Waals surface area contributed by atoms with Gasteiger partial charge in [-0.15, -0.1) is 0 Å². The predicted octanol–water partition coefficient (Wildman–Crippen LogP) is 3.28. The first-order chi connectivity index (χ1) is 13.3. The van der Waals surface area contributed by atoms with E-state index in [1.165, 1.54) is 0 Å². The molecule has 29 heavy (non-hydrogen) atoms. The lowest BCUT2D eigenvalue weighted by Crippen LogP contribution is -2.51. The minimum absolute atomic E-state index is 0.275. The van der Waals surface area contributed by atoms with Crippen molar-refractivity contribution in [2.75, 3.05) is 0 Å². The van der Waals surface area contributed by atoms with Crippen molar-refractivity contribution in [3.8, 4) is 0 Å². The normalized spacial score (nSPS) is 12.0. The second kappa shape index (κ2) is 10.0. The van der Waals surface area contributed by atoms with Crippen molar-refractivity contribution >= 4 is 23.8 Å². The Hall–Kier alpha value is -2.96. The molecule has 0 spiro atoms. The summed E-state index contributed by atoms with van der Waals surface area (Å²) in [5, 5.41) is 0. The van der Waals surface area contributed by atoms with Gasteiger partial charge in [0.15, 0.2) is 0 Å². The molecule has 7 nitrogen and oxygen atoms in total. The fraction of sp³-hybridized carbons (Fsp3) is 0.455. The topological polar surface area (TPSA) is 90.0 Å². The predicted molar refractivity (Wildman–Crippen MR) is 108 cm³/mol. The van der Waals surface area contributed by atoms with Crippen LogP contribution in [0.3, 0.4) is 0 Å². The summed E-state index contributed by atoms with van der Waals surface area (Å²) >= 11 is 0. The Balaban J connectivity index is 3.44. The third kappa shape index (κ3) is 7.18. The van der Waals surface area contributed by atoms with Gasteiger partial charge in [-0.25, -0.2) is 9.59 Å². The largest absolute Gasteiger partial charge is 0.460 e. The van der Waals surface area contributed by atoms with Crippen LogP contribution in [0.2, 0.25) is 0 Å². The molecule has 0 aliphatic carbocycles. The van der Waals surface area contributed by atoms with Crippen molar-refractivity contribution in [3.63, 3.8) is 0 Å². The van der Waals surface area contributed by atoms with E-state index in [1.807, 2.05) is 0 Å². The average Bonchev–Trinajstić information content (AvgIpc) is 2.57. The SMILES string of the molecule is CC(C)OC(=O)/C=C(/C(=O)OC(C)C)C(=O)N(C(=O)c1ccccc1)C(C)(C)C. The van der Waals surface area contributed by atoms with Gasteiger partial charge in [-0.05, 0) is 60.6 Å². The van der Waals surface area contributed by atoms with E-state index in [0.717, 1.165) is 11.0 Å². The molecule has 0 atom stereocenters. The summed E-state index contributed by atoms with van der Waals surface area (Å²) in [4.78, 5) is 51.9. The number of carbonyl (C=O) groups is 4. The van der Waals surface area contributed by atoms with E-state index in [1.54, 1.807) is 78.8 Å². The van der Waals surface area contributed by atoms with Gasteiger partial charge in [0.2, 0.25) is 0 Å². The summed E-state index contributed by atoms with van der Waals surface area (Å²) in [6, 6.07) is 8.21. The monoisotopic (exact) mass is 403 g/mol. The summed E-state index contributed by atoms with van der Waals surface area (Å²) < 4.78 is 10.1. The zero-order valence-corrected chi connectivity index (χ0v) is 18.0. The molecule has 0 aromatic heterocycles. The molecule has 1 aromatic rings. The number of imide groups is 1. The Labute approximate surface area is 171 Å². The van der Waals surface area contributed by atoms with E-state index in [-0.39, 0.29) is 5.56 Å². The van der Waals surface area contributed by atoms with Gasteiger partial charge in [-0.1, -0.05) is 18.2 Å². The minimum Gasteiger partial charge on any atom is -0.460 e. The third-order valence-corrected chi connectivity index (χ3v) is 3.50. The maximum absolute atomic E-state index is 13.3. The Kier molecular flexibility index (Phi) is 8.30. The Morgan fingerprint density at radius 1 is 0.897 bits per heavy atom. The number of amides is 2. The molecule has 0 saturated carbocycles. The van der Waals surface area contributed by atoms with Crippen molar-refractivity contribution in [2.45, 2.75) is 66.2 Å². The molecule has 0 saturated heterocycles. The maximum atomic E-state index is 13.3. The maximum Gasteiger partial charge on any atom is 0.344 e. The number of ether oxygens (including phenoxy) is 2. The molecule has 0 fully saturated rings. The number of hydrogen-bond acceptors (Lipinski definition) is 6. The van der Waals surface area contributed by atoms with Gasteiger partial charge in [0.25, 0.3) is 11.8 Å². The lowest BCUT2D eigenvalue weighted by Gasteiger charge is -2.34. The molecule has 0 aliphatic rings. The van der Waals surface area contributed by atoms with Crippen LogP contribution in [0.1, 0.15) is 58.8 Å². The summed E-state index contributed by atoms with van der Waals surface area (Å²) in [6.45, 7) is 11.5. The molecule has 2 amide bonds. The first-order valence-corrected chi connectivity index (χ1v) is 9.41. The highest BCUT2D eigenvalue weighted by molar-refractivity contribution is 6.23. The molecule has 0 unspecified atom stereocenters. The van der Waals surface area contributed by atoms with Gasteiger partial charge < -0.3 is 9.47 Å². The van der Waals surface area contributed by atoms with Crippen molar-refractivity contribution < 1.29 is 28.7 Å². The molecule has 1 aromatic carbocycles. The summed E-state index contributed by atoms with van der Waals surface area (Å²) in [7, 11) is 0. The minimum atomic E-state index is -0.999. The summed E-state index contributed by atoms with van der Waals surface area (Å²) in [6.07, 6.45) is -0.182. The number of benzene rings is 1. The molecule has 0 bridgehead atoms. The van der Waals surface area contributed by atoms with E-state index >= 15 is 0 Å². The van der Waals surface area contributed by atoms with Crippen LogP contribution in [0.4, 0.5) is 0 Å². The van der Waals surface area contributed by atoms with Gasteiger partial charge in [0.05, 0.1) is 12.2 Å². The van der Waals surface area contributed by atoms with Crippen molar-refractivity contribution in [1.82, 2.24) is 4.90 Å². The van der Waals surface area contributed by atoms with Crippen LogP contribution in [0.5, 0.6) is 0 Å². The van der Waals surface area contributed by atoms with Crippen molar-refractivity contribution in [3.05, 3.63) is 47.5 Å². The summed E-state index contributed by atoms with van der Waals surface area (Å²) in [5.41, 5.74) is -1.26. The van der Waals surface area contributed by atoms with Crippen molar-refractivity contribution in [1.29, 1.82) is 0 Å². The van der Waals surface area contributed by atoms with E-state index < -0.39 is 47.1 Å². The molecular formula is C22H29NO6. The van der Waals surface area contributed by atoms with Gasteiger partial charge in [0.1, 0.15) is 5.57 Å². The second-order valence-electron chi connectivity index (χ2n) is 7.98. The highest BCUT2D eigenvalue weighted by Gasteiger charge is 2.38. The highest BCUT2D eigenvalue weighted by atomic mass is 16.5. The van der Waals surface area contributed by atoms with Crippen LogP contribution < -0.4 is 0 Å². The quantitative estimate of drug-likeness (QED) is 0.313. The van der Waals surface area contributed by atoms with Crippen LogP contribution in [-0.4, -0.2) is 46.4 Å². The molecule has 0 radical (unpaired) electrons. The highest BCUT2D eigenvalue weighted by Crippen LogP contribution is 2.21. The number of carbonyl (C=O) groups excluding carboxylic acids is 4. The first-order valence-electron chi connectivity index (χ1n) is 9.41. The van der Waals surface area contributed by atoms with Crippen LogP contribution in [0, 0.1) is 0 Å². The fourth-order valence-corrected chi connectivity index (χ4v) is 2.40. The molecular weight excluding hydrogens is 374 g/mol. The number of esters is 2. The zero-order valence-electron chi connectivity index (χ0n) is 18.0. The molecule has 7 heteroatoms. The van der Waals surface area contributed by atoms with E-state index in [0.29, 0.717) is 0 Å².